The Labute approximate surface area is 68.4 Å². The molecule has 1 nitrogen and oxygen atoms in total. The zero-order valence-electron chi connectivity index (χ0n) is 7.34. The van der Waals surface area contributed by atoms with Gasteiger partial charge < -0.3 is 4.42 Å². The summed E-state index contributed by atoms with van der Waals surface area (Å²) in [4.78, 5) is 0. The number of unbranched alkanes of at least 4 members (excludes halogenated alkanes) is 1. The third kappa shape index (κ3) is 2.41. The van der Waals surface area contributed by atoms with E-state index in [4.69, 9.17) is 4.42 Å². The zero-order valence-corrected chi connectivity index (χ0v) is 7.34. The molecule has 62 valence electrons. The molecule has 1 aromatic rings. The molecule has 1 rings (SSSR count). The Kier molecular flexibility index (Phi) is 3.21. The molecule has 0 fully saturated rings. The van der Waals surface area contributed by atoms with Crippen molar-refractivity contribution in [3.05, 3.63) is 24.2 Å². The summed E-state index contributed by atoms with van der Waals surface area (Å²) in [5, 5.41) is 0. The highest BCUT2D eigenvalue weighted by Gasteiger charge is 2.06. The third-order valence-corrected chi connectivity index (χ3v) is 2.02. The van der Waals surface area contributed by atoms with Crippen LogP contribution in [0.3, 0.4) is 0 Å². The van der Waals surface area contributed by atoms with E-state index in [1.54, 1.807) is 6.26 Å². The molecule has 1 unspecified atom stereocenters. The summed E-state index contributed by atoms with van der Waals surface area (Å²) >= 11 is 0. The molecule has 0 radical (unpaired) electrons. The molecule has 1 aromatic heterocycles. The molecule has 0 aliphatic rings. The molecular formula is C10H16O. The molecule has 0 bridgehead atoms. The highest BCUT2D eigenvalue weighted by atomic mass is 16.3. The van der Waals surface area contributed by atoms with Crippen LogP contribution in [0.4, 0.5) is 0 Å². The van der Waals surface area contributed by atoms with Gasteiger partial charge in [0.15, 0.2) is 0 Å². The van der Waals surface area contributed by atoms with Gasteiger partial charge in [-0.15, -0.1) is 0 Å². The molecule has 1 atom stereocenters. The highest BCUT2D eigenvalue weighted by Crippen LogP contribution is 2.21. The molecule has 0 aliphatic heterocycles. The molecule has 0 aromatic carbocycles. The highest BCUT2D eigenvalue weighted by molar-refractivity contribution is 5.03. The van der Waals surface area contributed by atoms with Gasteiger partial charge in [0, 0.05) is 5.92 Å². The van der Waals surface area contributed by atoms with Crippen molar-refractivity contribution in [2.24, 2.45) is 0 Å². The van der Waals surface area contributed by atoms with Crippen molar-refractivity contribution in [3.63, 3.8) is 0 Å². The molecule has 11 heavy (non-hydrogen) atoms. The second kappa shape index (κ2) is 4.22. The van der Waals surface area contributed by atoms with Crippen LogP contribution in [-0.4, -0.2) is 0 Å². The summed E-state index contributed by atoms with van der Waals surface area (Å²) in [5.41, 5.74) is 0. The Hall–Kier alpha value is -0.720. The van der Waals surface area contributed by atoms with Gasteiger partial charge >= 0.3 is 0 Å². The molecule has 0 amide bonds. The van der Waals surface area contributed by atoms with E-state index < -0.39 is 0 Å². The summed E-state index contributed by atoms with van der Waals surface area (Å²) in [6.45, 7) is 4.43. The lowest BCUT2D eigenvalue weighted by molar-refractivity contribution is 0.454. The SMILES string of the molecule is CCCCC(C)c1ccco1. The summed E-state index contributed by atoms with van der Waals surface area (Å²) in [7, 11) is 0. The van der Waals surface area contributed by atoms with Gasteiger partial charge in [0.1, 0.15) is 5.76 Å². The van der Waals surface area contributed by atoms with Crippen molar-refractivity contribution in [3.8, 4) is 0 Å². The maximum Gasteiger partial charge on any atom is 0.106 e. The molecule has 0 aliphatic carbocycles. The minimum Gasteiger partial charge on any atom is -0.469 e. The van der Waals surface area contributed by atoms with Crippen molar-refractivity contribution in [1.29, 1.82) is 0 Å². The van der Waals surface area contributed by atoms with Crippen molar-refractivity contribution < 1.29 is 4.42 Å². The normalized spacial score (nSPS) is 13.3. The predicted octanol–water partition coefficient (Wildman–Crippen LogP) is 3.57. The topological polar surface area (TPSA) is 13.1 Å². The van der Waals surface area contributed by atoms with Crippen LogP contribution in [0.25, 0.3) is 0 Å². The molecular weight excluding hydrogens is 136 g/mol. The summed E-state index contributed by atoms with van der Waals surface area (Å²) in [5.74, 6) is 1.71. The first-order valence-electron chi connectivity index (χ1n) is 4.38. The third-order valence-electron chi connectivity index (χ3n) is 2.02. The lowest BCUT2D eigenvalue weighted by Crippen LogP contribution is -1.89. The van der Waals surface area contributed by atoms with Gasteiger partial charge in [0.2, 0.25) is 0 Å². The largest absolute Gasteiger partial charge is 0.469 e. The minimum atomic E-state index is 0.588. The van der Waals surface area contributed by atoms with Crippen LogP contribution in [0.1, 0.15) is 44.8 Å². The fraction of sp³-hybridized carbons (Fsp3) is 0.600. The van der Waals surface area contributed by atoms with E-state index in [1.165, 1.54) is 19.3 Å². The Morgan fingerprint density at radius 1 is 1.55 bits per heavy atom. The van der Waals surface area contributed by atoms with Gasteiger partial charge in [0.05, 0.1) is 6.26 Å². The van der Waals surface area contributed by atoms with Crippen molar-refractivity contribution >= 4 is 0 Å². The maximum absolute atomic E-state index is 5.29. The molecule has 1 heterocycles. The summed E-state index contributed by atoms with van der Waals surface area (Å²) in [6.07, 6.45) is 5.55. The van der Waals surface area contributed by atoms with Gasteiger partial charge in [-0.2, -0.15) is 0 Å². The Balaban J connectivity index is 2.36. The molecule has 0 saturated carbocycles. The van der Waals surface area contributed by atoms with Gasteiger partial charge in [-0.3, -0.25) is 0 Å². The fourth-order valence-corrected chi connectivity index (χ4v) is 1.22. The second-order valence-electron chi connectivity index (χ2n) is 3.06. The first-order chi connectivity index (χ1) is 5.34. The van der Waals surface area contributed by atoms with E-state index in [1.807, 2.05) is 6.07 Å². The number of rotatable bonds is 4. The lowest BCUT2D eigenvalue weighted by Gasteiger charge is -2.05. The molecule has 1 heteroatoms. The second-order valence-corrected chi connectivity index (χ2v) is 3.06. The number of hydrogen-bond donors (Lipinski definition) is 0. The van der Waals surface area contributed by atoms with Crippen LogP contribution < -0.4 is 0 Å². The Morgan fingerprint density at radius 3 is 2.91 bits per heavy atom. The Morgan fingerprint density at radius 2 is 2.36 bits per heavy atom. The zero-order chi connectivity index (χ0) is 8.10. The quantitative estimate of drug-likeness (QED) is 0.642. The van der Waals surface area contributed by atoms with Crippen LogP contribution in [-0.2, 0) is 0 Å². The monoisotopic (exact) mass is 152 g/mol. The Bertz CT molecular complexity index is 177. The van der Waals surface area contributed by atoms with Gasteiger partial charge in [-0.1, -0.05) is 26.7 Å². The minimum absolute atomic E-state index is 0.588. The first kappa shape index (κ1) is 8.38. The maximum atomic E-state index is 5.29. The van der Waals surface area contributed by atoms with Crippen molar-refractivity contribution in [2.45, 2.75) is 39.0 Å². The van der Waals surface area contributed by atoms with E-state index in [2.05, 4.69) is 19.9 Å². The average molecular weight is 152 g/mol. The van der Waals surface area contributed by atoms with E-state index in [9.17, 15) is 0 Å². The standard InChI is InChI=1S/C10H16O/c1-3-4-6-9(2)10-7-5-8-11-10/h5,7-9H,3-4,6H2,1-2H3. The first-order valence-corrected chi connectivity index (χ1v) is 4.38. The summed E-state index contributed by atoms with van der Waals surface area (Å²) < 4.78 is 5.29. The van der Waals surface area contributed by atoms with Crippen LogP contribution >= 0.6 is 0 Å². The van der Waals surface area contributed by atoms with Gasteiger partial charge in [-0.25, -0.2) is 0 Å². The number of furan rings is 1. The van der Waals surface area contributed by atoms with Crippen LogP contribution in [0.5, 0.6) is 0 Å². The fourth-order valence-electron chi connectivity index (χ4n) is 1.22. The van der Waals surface area contributed by atoms with Crippen LogP contribution in [0.15, 0.2) is 22.8 Å². The molecule has 0 N–H and O–H groups in total. The lowest BCUT2D eigenvalue weighted by atomic mass is 10.0. The molecule has 0 saturated heterocycles. The summed E-state index contributed by atoms with van der Waals surface area (Å²) in [6, 6.07) is 4.01. The van der Waals surface area contributed by atoms with E-state index in [-0.39, 0.29) is 0 Å². The van der Waals surface area contributed by atoms with Crippen molar-refractivity contribution in [1.82, 2.24) is 0 Å². The van der Waals surface area contributed by atoms with E-state index >= 15 is 0 Å². The van der Waals surface area contributed by atoms with Gasteiger partial charge in [0.25, 0.3) is 0 Å². The van der Waals surface area contributed by atoms with Crippen molar-refractivity contribution in [2.75, 3.05) is 0 Å². The molecule has 0 spiro atoms. The average Bonchev–Trinajstić information content (AvgIpc) is 2.52. The van der Waals surface area contributed by atoms with Crippen LogP contribution in [0.2, 0.25) is 0 Å². The van der Waals surface area contributed by atoms with Crippen LogP contribution in [0, 0.1) is 0 Å². The smallest absolute Gasteiger partial charge is 0.106 e. The number of hydrogen-bond acceptors (Lipinski definition) is 1. The van der Waals surface area contributed by atoms with E-state index in [0.29, 0.717) is 5.92 Å². The predicted molar refractivity (Wildman–Crippen MR) is 46.6 cm³/mol. The van der Waals surface area contributed by atoms with E-state index in [0.717, 1.165) is 5.76 Å². The van der Waals surface area contributed by atoms with Gasteiger partial charge in [-0.05, 0) is 18.6 Å².